The minimum atomic E-state index is 0.0275. The van der Waals surface area contributed by atoms with Crippen LogP contribution >= 0.6 is 0 Å². The molecule has 48 heavy (non-hydrogen) atoms. The van der Waals surface area contributed by atoms with Gasteiger partial charge in [-0.1, -0.05) is 87.4 Å². The zero-order valence-electron chi connectivity index (χ0n) is 27.6. The molecule has 232 valence electrons. The first kappa shape index (κ1) is 27.9. The van der Waals surface area contributed by atoms with Crippen LogP contribution in [0.3, 0.4) is 0 Å². The molecule has 10 rings (SSSR count). The van der Waals surface area contributed by atoms with Gasteiger partial charge in [0, 0.05) is 61.3 Å². The van der Waals surface area contributed by atoms with Gasteiger partial charge in [-0.15, -0.1) is 0 Å². The number of benzene rings is 6. The van der Waals surface area contributed by atoms with Crippen LogP contribution < -0.4 is 15.8 Å². The van der Waals surface area contributed by atoms with E-state index in [0.717, 1.165) is 29.7 Å². The van der Waals surface area contributed by atoms with Crippen LogP contribution in [0, 0.1) is 0 Å². The number of fused-ring (bicyclic) bond motifs is 11. The van der Waals surface area contributed by atoms with Crippen LogP contribution in [0.5, 0.6) is 0 Å². The quantitative estimate of drug-likeness (QED) is 0.165. The van der Waals surface area contributed by atoms with Gasteiger partial charge in [-0.05, 0) is 102 Å². The Balaban J connectivity index is 1.41. The third-order valence-corrected chi connectivity index (χ3v) is 10.9. The Morgan fingerprint density at radius 2 is 1.38 bits per heavy atom. The number of unbranched alkanes of at least 4 members (excludes halogenated alkanes) is 2. The molecule has 0 N–H and O–H groups in total. The largest absolute Gasteiger partial charge is 0.456 e. The number of rotatable bonds is 7. The van der Waals surface area contributed by atoms with Gasteiger partial charge in [0.25, 0.3) is 0 Å². The summed E-state index contributed by atoms with van der Waals surface area (Å²) in [5.41, 5.74) is 16.4. The molecule has 4 heterocycles. The van der Waals surface area contributed by atoms with Gasteiger partial charge >= 0.3 is 6.85 Å². The summed E-state index contributed by atoms with van der Waals surface area (Å²) in [7, 11) is 0. The SMILES string of the molecule is CCCCc1ccc2c(c1)c1cc(CCCC)cc3c1n2B1c2ccccc2N(c2ccccc2)c2cc4oc5ccccc5c4c-3c21. The molecule has 0 aliphatic carbocycles. The molecule has 0 saturated heterocycles. The molecule has 0 fully saturated rings. The molecule has 4 heteroatoms. The Bertz CT molecular complexity index is 2560. The lowest BCUT2D eigenvalue weighted by molar-refractivity contribution is 0.669. The van der Waals surface area contributed by atoms with E-state index in [1.807, 2.05) is 0 Å². The molecule has 2 aromatic heterocycles. The van der Waals surface area contributed by atoms with Crippen molar-refractivity contribution in [2.45, 2.75) is 52.4 Å². The summed E-state index contributed by atoms with van der Waals surface area (Å²) in [4.78, 5) is 2.47. The smallest absolute Gasteiger partial charge is 0.333 e. The predicted molar refractivity (Wildman–Crippen MR) is 204 cm³/mol. The standard InChI is InChI=1S/C44H37BN2O/c1-3-5-14-28-22-23-36-32(24-28)33-25-29(15-6-4-2)26-34-42-41-31-18-10-13-21-39(31)48-40(41)27-38-43(42)45(47(36)44(33)34)35-19-11-12-20-37(35)46(38)30-16-8-7-9-17-30/h7-13,16-27H,3-6,14-15H2,1-2H3. The highest BCUT2D eigenvalue weighted by atomic mass is 16.3. The molecule has 0 radical (unpaired) electrons. The second kappa shape index (κ2) is 10.7. The highest BCUT2D eigenvalue weighted by Crippen LogP contribution is 2.49. The van der Waals surface area contributed by atoms with Crippen molar-refractivity contribution >= 4 is 78.6 Å². The van der Waals surface area contributed by atoms with E-state index in [1.165, 1.54) is 103 Å². The third-order valence-electron chi connectivity index (χ3n) is 10.9. The first-order valence-corrected chi connectivity index (χ1v) is 17.8. The van der Waals surface area contributed by atoms with Gasteiger partial charge in [0.2, 0.25) is 0 Å². The van der Waals surface area contributed by atoms with Gasteiger partial charge in [0.05, 0.1) is 0 Å². The maximum absolute atomic E-state index is 6.75. The molecule has 2 aliphatic heterocycles. The third kappa shape index (κ3) is 3.83. The van der Waals surface area contributed by atoms with Gasteiger partial charge < -0.3 is 13.8 Å². The second-order valence-corrected chi connectivity index (χ2v) is 13.8. The Labute approximate surface area is 281 Å². The first-order valence-electron chi connectivity index (χ1n) is 17.8. The lowest BCUT2D eigenvalue weighted by Gasteiger charge is -2.40. The fourth-order valence-corrected chi connectivity index (χ4v) is 8.77. The summed E-state index contributed by atoms with van der Waals surface area (Å²) >= 11 is 0. The lowest BCUT2D eigenvalue weighted by Crippen LogP contribution is -2.56. The maximum atomic E-state index is 6.75. The average Bonchev–Trinajstić information content (AvgIpc) is 3.67. The number of anilines is 3. The summed E-state index contributed by atoms with van der Waals surface area (Å²) in [6.45, 7) is 4.61. The van der Waals surface area contributed by atoms with E-state index in [0.29, 0.717) is 0 Å². The van der Waals surface area contributed by atoms with Gasteiger partial charge in [-0.25, -0.2) is 0 Å². The topological polar surface area (TPSA) is 21.3 Å². The molecule has 0 unspecified atom stereocenters. The number of hydrogen-bond donors (Lipinski definition) is 0. The number of nitrogens with zero attached hydrogens (tertiary/aromatic N) is 2. The first-order chi connectivity index (χ1) is 23.7. The number of para-hydroxylation sites is 3. The van der Waals surface area contributed by atoms with Crippen LogP contribution in [-0.4, -0.2) is 11.3 Å². The number of furan rings is 1. The van der Waals surface area contributed by atoms with E-state index in [1.54, 1.807) is 0 Å². The van der Waals surface area contributed by atoms with E-state index >= 15 is 0 Å². The van der Waals surface area contributed by atoms with Crippen LogP contribution in [0.1, 0.15) is 50.7 Å². The number of aromatic nitrogens is 1. The van der Waals surface area contributed by atoms with Crippen molar-refractivity contribution in [3.8, 4) is 11.1 Å². The normalized spacial score (nSPS) is 13.2. The number of hydrogen-bond acceptors (Lipinski definition) is 2. The Morgan fingerprint density at radius 1 is 0.625 bits per heavy atom. The zero-order valence-corrected chi connectivity index (χ0v) is 27.6. The van der Waals surface area contributed by atoms with Crippen molar-refractivity contribution in [1.29, 1.82) is 0 Å². The molecule has 3 nitrogen and oxygen atoms in total. The van der Waals surface area contributed by atoms with Gasteiger partial charge in [0.1, 0.15) is 11.2 Å². The van der Waals surface area contributed by atoms with E-state index < -0.39 is 0 Å². The van der Waals surface area contributed by atoms with E-state index in [4.69, 9.17) is 4.42 Å². The minimum Gasteiger partial charge on any atom is -0.456 e. The van der Waals surface area contributed by atoms with Crippen molar-refractivity contribution in [2.75, 3.05) is 4.90 Å². The molecular formula is C44H37BN2O. The minimum absolute atomic E-state index is 0.0275. The van der Waals surface area contributed by atoms with Crippen molar-refractivity contribution in [3.63, 3.8) is 0 Å². The monoisotopic (exact) mass is 620 g/mol. The van der Waals surface area contributed by atoms with Gasteiger partial charge in [0.15, 0.2) is 0 Å². The molecule has 0 atom stereocenters. The summed E-state index contributed by atoms with van der Waals surface area (Å²) in [5, 5.41) is 5.18. The molecule has 0 spiro atoms. The van der Waals surface area contributed by atoms with Crippen LogP contribution in [0.15, 0.2) is 120 Å². The van der Waals surface area contributed by atoms with Crippen molar-refractivity contribution in [3.05, 3.63) is 126 Å². The molecule has 2 aliphatic rings. The fourth-order valence-electron chi connectivity index (χ4n) is 8.77. The summed E-state index contributed by atoms with van der Waals surface area (Å²) in [5.74, 6) is 0. The Kier molecular flexibility index (Phi) is 6.18. The molecule has 8 aromatic rings. The highest BCUT2D eigenvalue weighted by Gasteiger charge is 2.44. The Morgan fingerprint density at radius 3 is 2.23 bits per heavy atom. The molecule has 6 aromatic carbocycles. The maximum Gasteiger partial charge on any atom is 0.333 e. The summed E-state index contributed by atoms with van der Waals surface area (Å²) in [6.07, 6.45) is 6.97. The number of aryl methyl sites for hydroxylation is 2. The van der Waals surface area contributed by atoms with E-state index in [-0.39, 0.29) is 6.85 Å². The summed E-state index contributed by atoms with van der Waals surface area (Å²) < 4.78 is 9.44. The van der Waals surface area contributed by atoms with E-state index in [2.05, 4.69) is 138 Å². The van der Waals surface area contributed by atoms with Crippen molar-refractivity contribution in [2.24, 2.45) is 0 Å². The molecule has 0 amide bonds. The lowest BCUT2D eigenvalue weighted by atomic mass is 9.45. The van der Waals surface area contributed by atoms with E-state index in [9.17, 15) is 0 Å². The highest BCUT2D eigenvalue weighted by molar-refractivity contribution is 6.90. The van der Waals surface area contributed by atoms with Crippen LogP contribution in [0.4, 0.5) is 17.1 Å². The van der Waals surface area contributed by atoms with Crippen LogP contribution in [0.2, 0.25) is 0 Å². The average molecular weight is 621 g/mol. The van der Waals surface area contributed by atoms with Crippen LogP contribution in [0.25, 0.3) is 54.9 Å². The second-order valence-electron chi connectivity index (χ2n) is 13.8. The molecule has 0 saturated carbocycles. The molecular weight excluding hydrogens is 583 g/mol. The zero-order chi connectivity index (χ0) is 31.9. The fraction of sp³-hybridized carbons (Fsp3) is 0.182. The van der Waals surface area contributed by atoms with Gasteiger partial charge in [-0.2, -0.15) is 0 Å². The van der Waals surface area contributed by atoms with Crippen LogP contribution in [-0.2, 0) is 12.8 Å². The predicted octanol–water partition coefficient (Wildman–Crippen LogP) is 10.8. The molecule has 0 bridgehead atoms. The summed E-state index contributed by atoms with van der Waals surface area (Å²) in [6, 6.07) is 43.1. The Hall–Kier alpha value is -5.22. The van der Waals surface area contributed by atoms with Crippen molar-refractivity contribution < 1.29 is 4.42 Å². The van der Waals surface area contributed by atoms with Gasteiger partial charge in [-0.3, -0.25) is 0 Å². The van der Waals surface area contributed by atoms with Crippen molar-refractivity contribution in [1.82, 2.24) is 4.48 Å².